The zero-order valence-corrected chi connectivity index (χ0v) is 6.62. The van der Waals surface area contributed by atoms with Crippen molar-refractivity contribution in [3.8, 4) is 0 Å². The van der Waals surface area contributed by atoms with E-state index in [1.54, 1.807) is 12.1 Å². The Morgan fingerprint density at radius 2 is 1.73 bits per heavy atom. The number of aliphatic hydroxyl groups excluding tert-OH is 1. The smallest absolute Gasteiger partial charge is 0.168 e. The molecule has 0 atom stereocenters. The van der Waals surface area contributed by atoms with Crippen LogP contribution in [0.1, 0.15) is 5.56 Å². The molecule has 1 rings (SSSR count). The highest BCUT2D eigenvalue weighted by atomic mass is 32.2. The van der Waals surface area contributed by atoms with Gasteiger partial charge in [-0.25, -0.2) is 8.42 Å². The van der Waals surface area contributed by atoms with E-state index < -0.39 is 10.7 Å². The molecule has 1 aromatic carbocycles. The van der Waals surface area contributed by atoms with Crippen molar-refractivity contribution in [2.45, 2.75) is 11.5 Å². The van der Waals surface area contributed by atoms with Crippen LogP contribution in [0.25, 0.3) is 0 Å². The third-order valence-electron chi connectivity index (χ3n) is 1.33. The lowest BCUT2D eigenvalue weighted by atomic mass is 10.2. The lowest BCUT2D eigenvalue weighted by Crippen LogP contribution is -1.84. The fourth-order valence-corrected chi connectivity index (χ4v) is 1.12. The first kappa shape index (κ1) is 8.23. The molecule has 0 saturated carbocycles. The third kappa shape index (κ3) is 2.03. The fraction of sp³-hybridized carbons (Fsp3) is 0.143. The van der Waals surface area contributed by atoms with Gasteiger partial charge < -0.3 is 5.11 Å². The average molecular weight is 172 g/mol. The van der Waals surface area contributed by atoms with Gasteiger partial charge >= 0.3 is 0 Å². The summed E-state index contributed by atoms with van der Waals surface area (Å²) in [6.45, 7) is -0.0596. The molecule has 0 bridgehead atoms. The van der Waals surface area contributed by atoms with Crippen LogP contribution >= 0.6 is 0 Å². The molecule has 11 heavy (non-hydrogen) atoms. The number of hydrogen-bond acceptors (Lipinski definition) is 3. The molecule has 0 aromatic heterocycles. The van der Waals surface area contributed by atoms with Crippen LogP contribution in [0.2, 0.25) is 0 Å². The summed E-state index contributed by atoms with van der Waals surface area (Å²) < 4.78 is 20.8. The molecule has 0 aliphatic heterocycles. The van der Waals surface area contributed by atoms with Crippen LogP contribution in [0.3, 0.4) is 0 Å². The van der Waals surface area contributed by atoms with Crippen molar-refractivity contribution in [2.75, 3.05) is 0 Å². The van der Waals surface area contributed by atoms with Gasteiger partial charge in [-0.1, -0.05) is 12.1 Å². The molecular formula is C7H8O3S. The molecule has 0 radical (unpaired) electrons. The van der Waals surface area contributed by atoms with E-state index >= 15 is 0 Å². The number of aliphatic hydroxyl groups is 1. The Bertz CT molecular complexity index is 292. The quantitative estimate of drug-likeness (QED) is 0.624. The van der Waals surface area contributed by atoms with E-state index in [4.69, 9.17) is 5.11 Å². The summed E-state index contributed by atoms with van der Waals surface area (Å²) in [6, 6.07) is 6.11. The van der Waals surface area contributed by atoms with Crippen LogP contribution in [0, 0.1) is 0 Å². The van der Waals surface area contributed by atoms with Crippen molar-refractivity contribution in [1.82, 2.24) is 0 Å². The van der Waals surface area contributed by atoms with Gasteiger partial charge in [0.1, 0.15) is 0 Å². The van der Waals surface area contributed by atoms with E-state index in [2.05, 4.69) is 0 Å². The van der Waals surface area contributed by atoms with Crippen molar-refractivity contribution in [3.63, 3.8) is 0 Å². The lowest BCUT2D eigenvalue weighted by Gasteiger charge is -1.93. The Labute approximate surface area is 66.2 Å². The predicted octanol–water partition coefficient (Wildman–Crippen LogP) is 0.149. The minimum atomic E-state index is -2.49. The summed E-state index contributed by atoms with van der Waals surface area (Å²) in [5.74, 6) is 0. The molecule has 1 aromatic rings. The highest BCUT2D eigenvalue weighted by Gasteiger charge is 1.93. The molecule has 4 heteroatoms. The van der Waals surface area contributed by atoms with Crippen LogP contribution in [0.4, 0.5) is 0 Å². The third-order valence-corrected chi connectivity index (χ3v) is 2.05. The minimum absolute atomic E-state index is 0.0596. The van der Waals surface area contributed by atoms with E-state index in [0.29, 0.717) is 5.56 Å². The Balaban J connectivity index is 3.01. The van der Waals surface area contributed by atoms with E-state index in [9.17, 15) is 8.42 Å². The second-order valence-corrected chi connectivity index (χ2v) is 3.11. The highest BCUT2D eigenvalue weighted by Crippen LogP contribution is 2.04. The molecular weight excluding hydrogens is 164 g/mol. The van der Waals surface area contributed by atoms with E-state index in [1.165, 1.54) is 12.1 Å². The SMILES string of the molecule is O=[SH](=O)c1ccc(CO)cc1. The molecule has 0 fully saturated rings. The van der Waals surface area contributed by atoms with Gasteiger partial charge in [0, 0.05) is 0 Å². The molecule has 0 heterocycles. The summed E-state index contributed by atoms with van der Waals surface area (Å²) in [7, 11) is -2.49. The zero-order valence-electron chi connectivity index (χ0n) is 5.73. The molecule has 60 valence electrons. The lowest BCUT2D eigenvalue weighted by molar-refractivity contribution is 0.282. The number of rotatable bonds is 2. The fourth-order valence-electron chi connectivity index (χ4n) is 0.723. The van der Waals surface area contributed by atoms with Gasteiger partial charge in [-0.15, -0.1) is 0 Å². The maximum Gasteiger partial charge on any atom is 0.168 e. The first-order valence-electron chi connectivity index (χ1n) is 3.08. The van der Waals surface area contributed by atoms with Crippen LogP contribution in [-0.4, -0.2) is 13.5 Å². The molecule has 0 unspecified atom stereocenters. The van der Waals surface area contributed by atoms with E-state index in [0.717, 1.165) is 0 Å². The van der Waals surface area contributed by atoms with Gasteiger partial charge in [0.05, 0.1) is 11.5 Å². The van der Waals surface area contributed by atoms with Crippen LogP contribution in [0.15, 0.2) is 29.2 Å². The average Bonchev–Trinajstić information content (AvgIpc) is 2.05. The van der Waals surface area contributed by atoms with Gasteiger partial charge in [0.25, 0.3) is 0 Å². The second kappa shape index (κ2) is 3.50. The molecule has 0 aliphatic carbocycles. The molecule has 3 nitrogen and oxygen atoms in total. The molecule has 1 N–H and O–H groups in total. The number of benzene rings is 1. The van der Waals surface area contributed by atoms with Gasteiger partial charge in [0.15, 0.2) is 10.7 Å². The van der Waals surface area contributed by atoms with Crippen molar-refractivity contribution < 1.29 is 13.5 Å². The zero-order chi connectivity index (χ0) is 8.27. The summed E-state index contributed by atoms with van der Waals surface area (Å²) in [5, 5.41) is 8.62. The van der Waals surface area contributed by atoms with Crippen molar-refractivity contribution in [3.05, 3.63) is 29.8 Å². The Morgan fingerprint density at radius 3 is 2.09 bits per heavy atom. The number of hydrogen-bond donors (Lipinski definition) is 2. The van der Waals surface area contributed by atoms with E-state index in [-0.39, 0.29) is 11.5 Å². The molecule has 0 aliphatic rings. The standard InChI is InChI=1S/C7H8O3S/c8-5-6-1-3-7(4-2-6)11(9)10/h1-4,8,11H,5H2. The Morgan fingerprint density at radius 1 is 1.18 bits per heavy atom. The van der Waals surface area contributed by atoms with Crippen molar-refractivity contribution in [2.24, 2.45) is 0 Å². The minimum Gasteiger partial charge on any atom is -0.392 e. The summed E-state index contributed by atoms with van der Waals surface area (Å²) in [4.78, 5) is 0.275. The largest absolute Gasteiger partial charge is 0.392 e. The van der Waals surface area contributed by atoms with Crippen LogP contribution in [-0.2, 0) is 17.3 Å². The normalized spacial score (nSPS) is 10.4. The Kier molecular flexibility index (Phi) is 2.62. The topological polar surface area (TPSA) is 54.4 Å². The molecule has 0 amide bonds. The van der Waals surface area contributed by atoms with E-state index in [1.807, 2.05) is 0 Å². The first-order chi connectivity index (χ1) is 5.24. The highest BCUT2D eigenvalue weighted by molar-refractivity contribution is 7.72. The van der Waals surface area contributed by atoms with Gasteiger partial charge in [-0.3, -0.25) is 0 Å². The molecule has 0 saturated heterocycles. The monoisotopic (exact) mass is 172 g/mol. The predicted molar refractivity (Wildman–Crippen MR) is 40.9 cm³/mol. The first-order valence-corrected chi connectivity index (χ1v) is 4.26. The summed E-state index contributed by atoms with van der Waals surface area (Å²) in [6.07, 6.45) is 0. The van der Waals surface area contributed by atoms with Gasteiger partial charge in [0.2, 0.25) is 0 Å². The van der Waals surface area contributed by atoms with Gasteiger partial charge in [-0.2, -0.15) is 0 Å². The summed E-state index contributed by atoms with van der Waals surface area (Å²) >= 11 is 0. The number of thiol groups is 1. The maximum atomic E-state index is 10.4. The van der Waals surface area contributed by atoms with Gasteiger partial charge in [-0.05, 0) is 17.7 Å². The van der Waals surface area contributed by atoms with Crippen molar-refractivity contribution in [1.29, 1.82) is 0 Å². The molecule has 0 spiro atoms. The van der Waals surface area contributed by atoms with Crippen LogP contribution in [0.5, 0.6) is 0 Å². The maximum absolute atomic E-state index is 10.4. The second-order valence-electron chi connectivity index (χ2n) is 2.08. The van der Waals surface area contributed by atoms with Crippen molar-refractivity contribution >= 4 is 10.7 Å². The summed E-state index contributed by atoms with van der Waals surface area (Å²) in [5.41, 5.74) is 0.714. The Hall–Kier alpha value is -0.870. The van der Waals surface area contributed by atoms with Crippen LogP contribution < -0.4 is 0 Å².